The van der Waals surface area contributed by atoms with E-state index < -0.39 is 23.3 Å². The van der Waals surface area contributed by atoms with Crippen LogP contribution in [0.15, 0.2) is 109 Å². The molecule has 0 saturated carbocycles. The molecule has 2 atom stereocenters. The van der Waals surface area contributed by atoms with Crippen LogP contribution in [-0.2, 0) is 11.8 Å². The second-order valence-electron chi connectivity index (χ2n) is 10.7. The average Bonchev–Trinajstić information content (AvgIpc) is 3.00. The largest absolute Gasteiger partial charge is 0.481 e. The number of aromatic nitrogens is 1. The molecule has 4 aromatic carbocycles. The zero-order valence-corrected chi connectivity index (χ0v) is 23.8. The summed E-state index contributed by atoms with van der Waals surface area (Å²) in [4.78, 5) is 6.78. The lowest BCUT2D eigenvalue weighted by Crippen LogP contribution is -2.38. The van der Waals surface area contributed by atoms with Crippen molar-refractivity contribution in [1.82, 2.24) is 9.88 Å². The van der Waals surface area contributed by atoms with Gasteiger partial charge in [0.15, 0.2) is 0 Å². The number of halogens is 3. The normalized spacial score (nSPS) is 14.1. The van der Waals surface area contributed by atoms with Gasteiger partial charge in [0.2, 0.25) is 5.88 Å². The number of rotatable bonds is 9. The fourth-order valence-corrected chi connectivity index (χ4v) is 5.61. The molecule has 0 unspecified atom stereocenters. The van der Waals surface area contributed by atoms with Gasteiger partial charge in [-0.05, 0) is 60.6 Å². The number of ether oxygens (including phenoxy) is 1. The maximum absolute atomic E-state index is 13.1. The Morgan fingerprint density at radius 2 is 1.48 bits per heavy atom. The van der Waals surface area contributed by atoms with Crippen molar-refractivity contribution in [2.75, 3.05) is 27.7 Å². The van der Waals surface area contributed by atoms with E-state index in [9.17, 15) is 18.3 Å². The number of benzene rings is 4. The molecule has 0 spiro atoms. The first-order valence-electron chi connectivity index (χ1n) is 13.7. The molecule has 0 fully saturated rings. The molecule has 5 aromatic rings. The number of hydrogen-bond donors (Lipinski definition) is 1. The molecule has 0 saturated heterocycles. The van der Waals surface area contributed by atoms with Crippen molar-refractivity contribution in [3.05, 3.63) is 131 Å². The van der Waals surface area contributed by atoms with Crippen LogP contribution in [0.1, 0.15) is 34.6 Å². The molecule has 5 rings (SSSR count). The Labute approximate surface area is 244 Å². The number of fused-ring (bicyclic) bond motifs is 1. The van der Waals surface area contributed by atoms with Crippen LogP contribution < -0.4 is 4.74 Å². The highest BCUT2D eigenvalue weighted by atomic mass is 19.4. The van der Waals surface area contributed by atoms with E-state index >= 15 is 0 Å². The summed E-state index contributed by atoms with van der Waals surface area (Å²) in [6.07, 6.45) is -4.01. The first-order valence-corrected chi connectivity index (χ1v) is 13.7. The fraction of sp³-hybridized carbons (Fsp3) is 0.229. The Bertz CT molecular complexity index is 1650. The first-order chi connectivity index (χ1) is 20.1. The van der Waals surface area contributed by atoms with Gasteiger partial charge >= 0.3 is 6.18 Å². The fourth-order valence-electron chi connectivity index (χ4n) is 5.61. The summed E-state index contributed by atoms with van der Waals surface area (Å²) < 4.78 is 45.2. The zero-order chi connectivity index (χ0) is 29.9. The van der Waals surface area contributed by atoms with Crippen molar-refractivity contribution < 1.29 is 23.0 Å². The molecule has 42 heavy (non-hydrogen) atoms. The van der Waals surface area contributed by atoms with Crippen LogP contribution in [0.2, 0.25) is 0 Å². The minimum atomic E-state index is -4.42. The molecule has 0 aliphatic heterocycles. The SMILES string of the molecule is COc1nc(-c2ccc(C(F)(F)F)cc2)ccc1[C@@H](c1ccccc1)[C@@](O)(CCN(C)C)c1cccc2ccccc12. The van der Waals surface area contributed by atoms with E-state index in [2.05, 4.69) is 0 Å². The van der Waals surface area contributed by atoms with Gasteiger partial charge in [-0.2, -0.15) is 13.2 Å². The van der Waals surface area contributed by atoms with Gasteiger partial charge in [-0.15, -0.1) is 0 Å². The highest BCUT2D eigenvalue weighted by Crippen LogP contribution is 2.48. The summed E-state index contributed by atoms with van der Waals surface area (Å²) in [5.74, 6) is -0.279. The summed E-state index contributed by atoms with van der Waals surface area (Å²) in [6, 6.07) is 32.3. The second kappa shape index (κ2) is 12.0. The molecule has 0 radical (unpaired) electrons. The molecular formula is C35H33F3N2O2. The van der Waals surface area contributed by atoms with Gasteiger partial charge in [0, 0.05) is 23.6 Å². The lowest BCUT2D eigenvalue weighted by molar-refractivity contribution is -0.137. The average molecular weight is 571 g/mol. The predicted octanol–water partition coefficient (Wildman–Crippen LogP) is 7.90. The maximum atomic E-state index is 13.1. The van der Waals surface area contributed by atoms with E-state index in [0.29, 0.717) is 35.7 Å². The Morgan fingerprint density at radius 1 is 0.810 bits per heavy atom. The van der Waals surface area contributed by atoms with Crippen LogP contribution in [0, 0.1) is 0 Å². The smallest absolute Gasteiger partial charge is 0.416 e. The summed E-state index contributed by atoms with van der Waals surface area (Å²) in [6.45, 7) is 0.614. The lowest BCUT2D eigenvalue weighted by atomic mass is 9.70. The van der Waals surface area contributed by atoms with Crippen LogP contribution in [0.4, 0.5) is 13.2 Å². The van der Waals surface area contributed by atoms with Crippen molar-refractivity contribution in [2.45, 2.75) is 24.1 Å². The van der Waals surface area contributed by atoms with E-state index in [0.717, 1.165) is 34.0 Å². The Hall–Kier alpha value is -4.20. The van der Waals surface area contributed by atoms with Crippen LogP contribution >= 0.6 is 0 Å². The Morgan fingerprint density at radius 3 is 2.14 bits per heavy atom. The van der Waals surface area contributed by atoms with Crippen molar-refractivity contribution in [1.29, 1.82) is 0 Å². The number of aliphatic hydroxyl groups is 1. The maximum Gasteiger partial charge on any atom is 0.416 e. The third kappa shape index (κ3) is 5.89. The van der Waals surface area contributed by atoms with E-state index in [1.165, 1.54) is 19.2 Å². The van der Waals surface area contributed by atoms with Crippen molar-refractivity contribution in [3.8, 4) is 17.1 Å². The summed E-state index contributed by atoms with van der Waals surface area (Å²) in [5, 5.41) is 15.0. The molecule has 1 N–H and O–H groups in total. The molecule has 0 amide bonds. The number of methoxy groups -OCH3 is 1. The highest BCUT2D eigenvalue weighted by Gasteiger charge is 2.43. The second-order valence-corrected chi connectivity index (χ2v) is 10.7. The molecule has 1 heterocycles. The van der Waals surface area contributed by atoms with Gasteiger partial charge < -0.3 is 14.7 Å². The van der Waals surface area contributed by atoms with E-state index in [1.807, 2.05) is 97.9 Å². The molecular weight excluding hydrogens is 537 g/mol. The van der Waals surface area contributed by atoms with Gasteiger partial charge in [-0.25, -0.2) is 4.98 Å². The standard InChI is InChI=1S/C35H33F3N2O2/c1-40(2)23-22-34(41,30-15-9-13-24-10-7-8-14-28(24)30)32(26-11-5-4-6-12-26)29-20-21-31(39-33(29)42-3)25-16-18-27(19-17-25)35(36,37)38/h4-21,32,41H,22-23H2,1-3H3/t32-,34-/m1/s1. The van der Waals surface area contributed by atoms with Crippen LogP contribution in [0.3, 0.4) is 0 Å². The van der Waals surface area contributed by atoms with E-state index in [4.69, 9.17) is 9.72 Å². The van der Waals surface area contributed by atoms with Crippen molar-refractivity contribution in [2.24, 2.45) is 0 Å². The first kappa shape index (κ1) is 29.3. The molecule has 216 valence electrons. The Kier molecular flexibility index (Phi) is 8.34. The zero-order valence-electron chi connectivity index (χ0n) is 23.8. The molecule has 0 bridgehead atoms. The lowest BCUT2D eigenvalue weighted by Gasteiger charge is -2.39. The van der Waals surface area contributed by atoms with E-state index in [-0.39, 0.29) is 0 Å². The van der Waals surface area contributed by atoms with Crippen LogP contribution in [0.25, 0.3) is 22.0 Å². The quantitative estimate of drug-likeness (QED) is 0.196. The predicted molar refractivity (Wildman–Crippen MR) is 161 cm³/mol. The number of nitrogens with zero attached hydrogens (tertiary/aromatic N) is 2. The highest BCUT2D eigenvalue weighted by molar-refractivity contribution is 5.86. The summed E-state index contributed by atoms with van der Waals surface area (Å²) in [7, 11) is 5.46. The molecule has 1 aromatic heterocycles. The summed E-state index contributed by atoms with van der Waals surface area (Å²) >= 11 is 0. The third-order valence-electron chi connectivity index (χ3n) is 7.71. The van der Waals surface area contributed by atoms with Gasteiger partial charge in [0.05, 0.1) is 18.4 Å². The van der Waals surface area contributed by atoms with Gasteiger partial charge in [0.1, 0.15) is 5.60 Å². The van der Waals surface area contributed by atoms with Gasteiger partial charge in [-0.1, -0.05) is 91.0 Å². The van der Waals surface area contributed by atoms with Crippen LogP contribution in [-0.4, -0.2) is 42.7 Å². The number of alkyl halides is 3. The monoisotopic (exact) mass is 570 g/mol. The molecule has 0 aliphatic carbocycles. The van der Waals surface area contributed by atoms with E-state index in [1.54, 1.807) is 6.07 Å². The molecule has 4 nitrogen and oxygen atoms in total. The van der Waals surface area contributed by atoms with Gasteiger partial charge in [0.25, 0.3) is 0 Å². The third-order valence-corrected chi connectivity index (χ3v) is 7.71. The van der Waals surface area contributed by atoms with Crippen molar-refractivity contribution >= 4 is 10.8 Å². The molecule has 0 aliphatic rings. The van der Waals surface area contributed by atoms with Gasteiger partial charge in [-0.3, -0.25) is 0 Å². The minimum Gasteiger partial charge on any atom is -0.481 e. The number of pyridine rings is 1. The number of hydrogen-bond acceptors (Lipinski definition) is 4. The van der Waals surface area contributed by atoms with Crippen molar-refractivity contribution in [3.63, 3.8) is 0 Å². The summed E-state index contributed by atoms with van der Waals surface area (Å²) in [5.41, 5.74) is 1.25. The topological polar surface area (TPSA) is 45.6 Å². The Balaban J connectivity index is 1.70. The molecule has 7 heteroatoms. The minimum absolute atomic E-state index is 0.296. The van der Waals surface area contributed by atoms with Crippen LogP contribution in [0.5, 0.6) is 5.88 Å².